The van der Waals surface area contributed by atoms with Crippen LogP contribution in [-0.2, 0) is 4.79 Å². The van der Waals surface area contributed by atoms with Crippen LogP contribution in [0.4, 0.5) is 5.69 Å². The number of carbonyl (C=O) groups excluding carboxylic acids is 2. The number of anilines is 1. The molecule has 0 saturated carbocycles. The van der Waals surface area contributed by atoms with Gasteiger partial charge in [0.15, 0.2) is 5.69 Å². The fourth-order valence-electron chi connectivity index (χ4n) is 3.25. The minimum absolute atomic E-state index is 0.191. The van der Waals surface area contributed by atoms with Crippen molar-refractivity contribution in [3.05, 3.63) is 70.5 Å². The summed E-state index contributed by atoms with van der Waals surface area (Å²) in [5.41, 5.74) is 2.91. The molecular formula is C22H25N5O2S. The van der Waals surface area contributed by atoms with Crippen molar-refractivity contribution in [1.29, 1.82) is 0 Å². The molecule has 7 nitrogen and oxygen atoms in total. The molecule has 3 aromatic rings. The van der Waals surface area contributed by atoms with Gasteiger partial charge in [-0.2, -0.15) is 0 Å². The SMILES string of the molecule is Cc1cc(C)cc(N(C(=O)c2csnn2)[C@@H](C(=O)NC(C)(C)C)c2cccnc2)c1. The van der Waals surface area contributed by atoms with Gasteiger partial charge in [0.25, 0.3) is 5.91 Å². The van der Waals surface area contributed by atoms with Gasteiger partial charge in [-0.25, -0.2) is 0 Å². The summed E-state index contributed by atoms with van der Waals surface area (Å²) < 4.78 is 3.82. The van der Waals surface area contributed by atoms with E-state index in [1.54, 1.807) is 29.9 Å². The van der Waals surface area contributed by atoms with E-state index in [2.05, 4.69) is 19.9 Å². The smallest absolute Gasteiger partial charge is 0.280 e. The van der Waals surface area contributed by atoms with Crippen molar-refractivity contribution in [2.24, 2.45) is 0 Å². The molecule has 1 atom stereocenters. The molecule has 0 spiro atoms. The van der Waals surface area contributed by atoms with E-state index in [4.69, 9.17) is 0 Å². The number of benzene rings is 1. The zero-order valence-electron chi connectivity index (χ0n) is 17.7. The third kappa shape index (κ3) is 5.07. The highest BCUT2D eigenvalue weighted by Gasteiger charge is 2.36. The summed E-state index contributed by atoms with van der Waals surface area (Å²) in [6.45, 7) is 9.62. The molecule has 30 heavy (non-hydrogen) atoms. The Morgan fingerprint density at radius 2 is 1.83 bits per heavy atom. The van der Waals surface area contributed by atoms with Gasteiger partial charge in [0.2, 0.25) is 5.91 Å². The topological polar surface area (TPSA) is 88.1 Å². The van der Waals surface area contributed by atoms with Crippen LogP contribution in [0.1, 0.15) is 54.0 Å². The van der Waals surface area contributed by atoms with Crippen LogP contribution in [0.5, 0.6) is 0 Å². The van der Waals surface area contributed by atoms with Gasteiger partial charge in [0.05, 0.1) is 0 Å². The van der Waals surface area contributed by atoms with Crippen molar-refractivity contribution < 1.29 is 9.59 Å². The molecular weight excluding hydrogens is 398 g/mol. The van der Waals surface area contributed by atoms with E-state index in [-0.39, 0.29) is 11.6 Å². The third-order valence-corrected chi connectivity index (χ3v) is 4.79. The van der Waals surface area contributed by atoms with Crippen LogP contribution in [-0.4, -0.2) is 31.9 Å². The Morgan fingerprint density at radius 1 is 1.13 bits per heavy atom. The first-order chi connectivity index (χ1) is 14.2. The Hall–Kier alpha value is -3.13. The number of carbonyl (C=O) groups is 2. The molecule has 0 aliphatic heterocycles. The zero-order chi connectivity index (χ0) is 21.9. The van der Waals surface area contributed by atoms with Crippen LogP contribution in [0.3, 0.4) is 0 Å². The Kier molecular flexibility index (Phi) is 6.26. The number of amides is 2. The van der Waals surface area contributed by atoms with Gasteiger partial charge in [0.1, 0.15) is 6.04 Å². The minimum Gasteiger partial charge on any atom is -0.349 e. The predicted molar refractivity (Wildman–Crippen MR) is 118 cm³/mol. The van der Waals surface area contributed by atoms with E-state index in [1.165, 1.54) is 4.90 Å². The highest BCUT2D eigenvalue weighted by atomic mass is 32.1. The number of nitrogens with zero attached hydrogens (tertiary/aromatic N) is 4. The van der Waals surface area contributed by atoms with Crippen molar-refractivity contribution in [2.75, 3.05) is 4.90 Å². The molecule has 2 heterocycles. The molecule has 2 aromatic heterocycles. The number of nitrogens with one attached hydrogen (secondary N) is 1. The Labute approximate surface area is 180 Å². The van der Waals surface area contributed by atoms with Crippen molar-refractivity contribution >= 4 is 29.0 Å². The summed E-state index contributed by atoms with van der Waals surface area (Å²) in [5.74, 6) is -0.696. The summed E-state index contributed by atoms with van der Waals surface area (Å²) in [4.78, 5) is 32.7. The van der Waals surface area contributed by atoms with Crippen LogP contribution >= 0.6 is 11.5 Å². The average Bonchev–Trinajstić information content (AvgIpc) is 3.18. The van der Waals surface area contributed by atoms with E-state index in [0.717, 1.165) is 22.7 Å². The largest absolute Gasteiger partial charge is 0.349 e. The fraction of sp³-hybridized carbons (Fsp3) is 0.318. The Bertz CT molecular complexity index is 1010. The molecule has 0 aliphatic rings. The summed E-state index contributed by atoms with van der Waals surface area (Å²) in [7, 11) is 0. The van der Waals surface area contributed by atoms with E-state index in [1.807, 2.05) is 52.8 Å². The number of hydrogen-bond donors (Lipinski definition) is 1. The molecule has 0 unspecified atom stereocenters. The monoisotopic (exact) mass is 423 g/mol. The lowest BCUT2D eigenvalue weighted by Crippen LogP contribution is -2.49. The molecule has 156 valence electrons. The first-order valence-electron chi connectivity index (χ1n) is 9.56. The second-order valence-electron chi connectivity index (χ2n) is 8.24. The van der Waals surface area contributed by atoms with Gasteiger partial charge in [0, 0.05) is 34.6 Å². The maximum Gasteiger partial charge on any atom is 0.280 e. The van der Waals surface area contributed by atoms with E-state index < -0.39 is 17.5 Å². The van der Waals surface area contributed by atoms with Crippen LogP contribution in [0, 0.1) is 13.8 Å². The highest BCUT2D eigenvalue weighted by Crippen LogP contribution is 2.31. The van der Waals surface area contributed by atoms with Gasteiger partial charge < -0.3 is 5.32 Å². The summed E-state index contributed by atoms with van der Waals surface area (Å²) in [5, 5.41) is 8.53. The number of pyridine rings is 1. The normalized spacial score (nSPS) is 12.3. The predicted octanol–water partition coefficient (Wildman–Crippen LogP) is 3.85. The lowest BCUT2D eigenvalue weighted by atomic mass is 10.0. The fourth-order valence-corrected chi connectivity index (χ4v) is 3.68. The van der Waals surface area contributed by atoms with Crippen molar-refractivity contribution in [2.45, 2.75) is 46.2 Å². The summed E-state index contributed by atoms with van der Waals surface area (Å²) in [6.07, 6.45) is 3.24. The molecule has 0 bridgehead atoms. The minimum atomic E-state index is -0.923. The van der Waals surface area contributed by atoms with E-state index in [9.17, 15) is 9.59 Å². The maximum atomic E-state index is 13.5. The zero-order valence-corrected chi connectivity index (χ0v) is 18.5. The Morgan fingerprint density at radius 3 is 2.37 bits per heavy atom. The average molecular weight is 424 g/mol. The second kappa shape index (κ2) is 8.71. The molecule has 0 radical (unpaired) electrons. The van der Waals surface area contributed by atoms with Crippen LogP contribution < -0.4 is 10.2 Å². The lowest BCUT2D eigenvalue weighted by molar-refractivity contribution is -0.123. The number of hydrogen-bond acceptors (Lipinski definition) is 6. The molecule has 2 amide bonds. The maximum absolute atomic E-state index is 13.5. The third-order valence-electron chi connectivity index (χ3n) is 4.29. The number of aromatic nitrogens is 3. The number of aryl methyl sites for hydroxylation is 2. The first kappa shape index (κ1) is 21.6. The lowest BCUT2D eigenvalue weighted by Gasteiger charge is -2.33. The van der Waals surface area contributed by atoms with Crippen molar-refractivity contribution in [3.63, 3.8) is 0 Å². The van der Waals surface area contributed by atoms with Crippen molar-refractivity contribution in [1.82, 2.24) is 19.9 Å². The van der Waals surface area contributed by atoms with Gasteiger partial charge in [-0.15, -0.1) is 5.10 Å². The molecule has 0 saturated heterocycles. The van der Waals surface area contributed by atoms with Gasteiger partial charge in [-0.3, -0.25) is 19.5 Å². The highest BCUT2D eigenvalue weighted by molar-refractivity contribution is 7.03. The van der Waals surface area contributed by atoms with Gasteiger partial charge in [-0.05, 0) is 75.5 Å². The van der Waals surface area contributed by atoms with E-state index in [0.29, 0.717) is 11.3 Å². The van der Waals surface area contributed by atoms with Crippen LogP contribution in [0.25, 0.3) is 0 Å². The summed E-state index contributed by atoms with van der Waals surface area (Å²) >= 11 is 1.09. The molecule has 3 rings (SSSR count). The number of rotatable bonds is 5. The Balaban J connectivity index is 2.20. The standard InChI is InChI=1S/C22H25N5O2S/c1-14-9-15(2)11-17(10-14)27(21(29)18-13-30-26-25-18)19(16-7-6-8-23-12-16)20(28)24-22(3,4)5/h6-13,19H,1-5H3,(H,24,28)/t19-/m1/s1. The molecule has 0 aliphatic carbocycles. The molecule has 1 N–H and O–H groups in total. The molecule has 1 aromatic carbocycles. The van der Waals surface area contributed by atoms with Crippen molar-refractivity contribution in [3.8, 4) is 0 Å². The van der Waals surface area contributed by atoms with Gasteiger partial charge >= 0.3 is 0 Å². The molecule has 0 fully saturated rings. The van der Waals surface area contributed by atoms with Crippen LogP contribution in [0.2, 0.25) is 0 Å². The summed E-state index contributed by atoms with van der Waals surface area (Å²) in [6, 6.07) is 8.42. The molecule has 8 heteroatoms. The van der Waals surface area contributed by atoms with Crippen LogP contribution in [0.15, 0.2) is 48.1 Å². The van der Waals surface area contributed by atoms with Gasteiger partial charge in [-0.1, -0.05) is 16.6 Å². The van der Waals surface area contributed by atoms with E-state index >= 15 is 0 Å². The second-order valence-corrected chi connectivity index (χ2v) is 8.85. The first-order valence-corrected chi connectivity index (χ1v) is 10.4. The quantitative estimate of drug-likeness (QED) is 0.673.